The zero-order valence-electron chi connectivity index (χ0n) is 15.1. The van der Waals surface area contributed by atoms with Gasteiger partial charge in [0.05, 0.1) is 0 Å². The van der Waals surface area contributed by atoms with Crippen molar-refractivity contribution < 1.29 is 9.59 Å². The van der Waals surface area contributed by atoms with Crippen molar-refractivity contribution >= 4 is 33.4 Å². The number of aryl methyl sites for hydroxylation is 1. The number of amides is 2. The van der Waals surface area contributed by atoms with Gasteiger partial charge in [0.25, 0.3) is 11.8 Å². The van der Waals surface area contributed by atoms with Gasteiger partial charge in [-0.1, -0.05) is 28.9 Å². The number of carbonyl (C=O) groups is 2. The van der Waals surface area contributed by atoms with E-state index in [9.17, 15) is 9.59 Å². The summed E-state index contributed by atoms with van der Waals surface area (Å²) in [5.41, 5.74) is 3.01. The van der Waals surface area contributed by atoms with Gasteiger partial charge < -0.3 is 10.2 Å². The Bertz CT molecular complexity index is 809. The third-order valence-electron chi connectivity index (χ3n) is 4.89. The molecule has 4 nitrogen and oxygen atoms in total. The van der Waals surface area contributed by atoms with Crippen molar-refractivity contribution in [3.8, 4) is 0 Å². The number of piperidine rings is 1. The Morgan fingerprint density at radius 1 is 1.04 bits per heavy atom. The molecule has 26 heavy (non-hydrogen) atoms. The maximum Gasteiger partial charge on any atom is 0.255 e. The van der Waals surface area contributed by atoms with E-state index in [0.29, 0.717) is 22.7 Å². The number of carbonyl (C=O) groups excluding carboxylic acids is 2. The molecule has 0 aromatic heterocycles. The number of halogens is 1. The largest absolute Gasteiger partial charge is 0.339 e. The molecule has 1 heterocycles. The Hall–Kier alpha value is -2.14. The lowest BCUT2D eigenvalue weighted by Crippen LogP contribution is -2.37. The Morgan fingerprint density at radius 2 is 1.65 bits per heavy atom. The second-order valence-electron chi connectivity index (χ2n) is 6.97. The molecule has 1 fully saturated rings. The van der Waals surface area contributed by atoms with Crippen LogP contribution in [0.25, 0.3) is 0 Å². The van der Waals surface area contributed by atoms with Crippen LogP contribution in [0.4, 0.5) is 5.69 Å². The SMILES string of the molecule is Cc1ccc(C(=O)Nc2ccc(C(=O)N3CCC(C)CC3)cc2)cc1Br. The van der Waals surface area contributed by atoms with Crippen LogP contribution in [0, 0.1) is 12.8 Å². The molecule has 2 aromatic rings. The molecule has 0 unspecified atom stereocenters. The Labute approximate surface area is 162 Å². The zero-order valence-corrected chi connectivity index (χ0v) is 16.7. The predicted molar refractivity (Wildman–Crippen MR) is 108 cm³/mol. The molecule has 1 N–H and O–H groups in total. The van der Waals surface area contributed by atoms with E-state index in [1.165, 1.54) is 0 Å². The first-order chi connectivity index (χ1) is 12.4. The maximum absolute atomic E-state index is 12.6. The minimum atomic E-state index is -0.171. The number of hydrogen-bond acceptors (Lipinski definition) is 2. The van der Waals surface area contributed by atoms with Crippen LogP contribution in [0.2, 0.25) is 0 Å². The van der Waals surface area contributed by atoms with E-state index in [1.807, 2.05) is 17.9 Å². The van der Waals surface area contributed by atoms with Gasteiger partial charge in [0.15, 0.2) is 0 Å². The number of nitrogens with zero attached hydrogens (tertiary/aromatic N) is 1. The highest BCUT2D eigenvalue weighted by atomic mass is 79.9. The molecule has 0 saturated carbocycles. The van der Waals surface area contributed by atoms with Crippen LogP contribution in [0.1, 0.15) is 46.0 Å². The molecule has 0 radical (unpaired) electrons. The fraction of sp³-hybridized carbons (Fsp3) is 0.333. The van der Waals surface area contributed by atoms with Gasteiger partial charge in [-0.15, -0.1) is 0 Å². The summed E-state index contributed by atoms with van der Waals surface area (Å²) in [4.78, 5) is 26.8. The first kappa shape index (κ1) is 18.6. The third-order valence-corrected chi connectivity index (χ3v) is 5.75. The standard InChI is InChI=1S/C21H23BrN2O2/c1-14-9-11-24(12-10-14)21(26)16-5-7-18(8-6-16)23-20(25)17-4-3-15(2)19(22)13-17/h3-8,13-14H,9-12H2,1-2H3,(H,23,25). The lowest BCUT2D eigenvalue weighted by Gasteiger charge is -2.30. The van der Waals surface area contributed by atoms with Crippen LogP contribution in [-0.4, -0.2) is 29.8 Å². The van der Waals surface area contributed by atoms with Crippen molar-refractivity contribution in [3.05, 3.63) is 63.6 Å². The van der Waals surface area contributed by atoms with Crippen molar-refractivity contribution in [1.29, 1.82) is 0 Å². The lowest BCUT2D eigenvalue weighted by molar-refractivity contribution is 0.0697. The fourth-order valence-electron chi connectivity index (χ4n) is 3.03. The summed E-state index contributed by atoms with van der Waals surface area (Å²) < 4.78 is 0.905. The normalized spacial score (nSPS) is 15.0. The minimum Gasteiger partial charge on any atom is -0.339 e. The molecular formula is C21H23BrN2O2. The molecule has 0 atom stereocenters. The highest BCUT2D eigenvalue weighted by Crippen LogP contribution is 2.21. The van der Waals surface area contributed by atoms with Crippen LogP contribution >= 0.6 is 15.9 Å². The summed E-state index contributed by atoms with van der Waals surface area (Å²) in [5, 5.41) is 2.87. The van der Waals surface area contributed by atoms with Gasteiger partial charge in [-0.2, -0.15) is 0 Å². The molecule has 2 amide bonds. The van der Waals surface area contributed by atoms with E-state index in [0.717, 1.165) is 36.0 Å². The summed E-state index contributed by atoms with van der Waals surface area (Å²) >= 11 is 3.44. The van der Waals surface area contributed by atoms with E-state index in [1.54, 1.807) is 36.4 Å². The number of rotatable bonds is 3. The van der Waals surface area contributed by atoms with Gasteiger partial charge in [0.2, 0.25) is 0 Å². The minimum absolute atomic E-state index is 0.0669. The molecule has 3 rings (SSSR count). The van der Waals surface area contributed by atoms with Crippen LogP contribution in [0.3, 0.4) is 0 Å². The molecule has 1 saturated heterocycles. The molecule has 136 valence electrons. The summed E-state index contributed by atoms with van der Waals surface area (Å²) in [7, 11) is 0. The lowest BCUT2D eigenvalue weighted by atomic mass is 9.98. The summed E-state index contributed by atoms with van der Waals surface area (Å²) in [6, 6.07) is 12.6. The molecule has 2 aromatic carbocycles. The van der Waals surface area contributed by atoms with Gasteiger partial charge in [-0.25, -0.2) is 0 Å². The van der Waals surface area contributed by atoms with E-state index < -0.39 is 0 Å². The van der Waals surface area contributed by atoms with Crippen molar-refractivity contribution in [1.82, 2.24) is 4.90 Å². The number of benzene rings is 2. The Kier molecular flexibility index (Phi) is 5.77. The average Bonchev–Trinajstić information content (AvgIpc) is 2.64. The van der Waals surface area contributed by atoms with Crippen LogP contribution in [0.15, 0.2) is 46.9 Å². The van der Waals surface area contributed by atoms with Crippen molar-refractivity contribution in [2.75, 3.05) is 18.4 Å². The quantitative estimate of drug-likeness (QED) is 0.777. The molecule has 1 aliphatic rings. The molecular weight excluding hydrogens is 392 g/mol. The van der Waals surface area contributed by atoms with Crippen LogP contribution < -0.4 is 5.32 Å². The molecule has 0 aliphatic carbocycles. The van der Waals surface area contributed by atoms with E-state index in [4.69, 9.17) is 0 Å². The summed E-state index contributed by atoms with van der Waals surface area (Å²) in [6.45, 7) is 5.85. The fourth-order valence-corrected chi connectivity index (χ4v) is 3.41. The topological polar surface area (TPSA) is 49.4 Å². The molecule has 0 bridgehead atoms. The highest BCUT2D eigenvalue weighted by molar-refractivity contribution is 9.10. The van der Waals surface area contributed by atoms with Gasteiger partial charge in [-0.3, -0.25) is 9.59 Å². The molecule has 5 heteroatoms. The second-order valence-corrected chi connectivity index (χ2v) is 7.82. The zero-order chi connectivity index (χ0) is 18.7. The maximum atomic E-state index is 12.6. The predicted octanol–water partition coefficient (Wildman–Crippen LogP) is 4.88. The van der Waals surface area contributed by atoms with Crippen LogP contribution in [-0.2, 0) is 0 Å². The van der Waals surface area contributed by atoms with Crippen LogP contribution in [0.5, 0.6) is 0 Å². The van der Waals surface area contributed by atoms with E-state index in [-0.39, 0.29) is 11.8 Å². The Morgan fingerprint density at radius 3 is 2.27 bits per heavy atom. The third kappa shape index (κ3) is 4.33. The smallest absolute Gasteiger partial charge is 0.255 e. The second kappa shape index (κ2) is 8.04. The van der Waals surface area contributed by atoms with Gasteiger partial charge in [0, 0.05) is 34.4 Å². The van der Waals surface area contributed by atoms with Crippen molar-refractivity contribution in [3.63, 3.8) is 0 Å². The van der Waals surface area contributed by atoms with Gasteiger partial charge in [0.1, 0.15) is 0 Å². The first-order valence-electron chi connectivity index (χ1n) is 8.91. The van der Waals surface area contributed by atoms with Crippen molar-refractivity contribution in [2.24, 2.45) is 5.92 Å². The highest BCUT2D eigenvalue weighted by Gasteiger charge is 2.21. The monoisotopic (exact) mass is 414 g/mol. The van der Waals surface area contributed by atoms with Gasteiger partial charge in [-0.05, 0) is 67.6 Å². The number of likely N-dealkylation sites (tertiary alicyclic amines) is 1. The first-order valence-corrected chi connectivity index (χ1v) is 9.70. The molecule has 1 aliphatic heterocycles. The summed E-state index contributed by atoms with van der Waals surface area (Å²) in [6.07, 6.45) is 2.12. The molecule has 0 spiro atoms. The van der Waals surface area contributed by atoms with Gasteiger partial charge >= 0.3 is 0 Å². The number of nitrogens with one attached hydrogen (secondary N) is 1. The number of hydrogen-bond donors (Lipinski definition) is 1. The van der Waals surface area contributed by atoms with E-state index in [2.05, 4.69) is 28.2 Å². The number of anilines is 1. The van der Waals surface area contributed by atoms with Crippen molar-refractivity contribution in [2.45, 2.75) is 26.7 Å². The van der Waals surface area contributed by atoms with E-state index >= 15 is 0 Å². The average molecular weight is 415 g/mol. The Balaban J connectivity index is 1.64. The summed E-state index contributed by atoms with van der Waals surface area (Å²) in [5.74, 6) is 0.588.